The molecule has 0 unspecified atom stereocenters. The summed E-state index contributed by atoms with van der Waals surface area (Å²) >= 11 is 0. The molecular weight excluding hydrogens is 324 g/mol. The van der Waals surface area contributed by atoms with Gasteiger partial charge in [0.2, 0.25) is 5.91 Å². The Kier molecular flexibility index (Phi) is 4.98. The number of hydrogen-bond donors (Lipinski definition) is 1. The van der Waals surface area contributed by atoms with Gasteiger partial charge in [-0.1, -0.05) is 0 Å². The summed E-state index contributed by atoms with van der Waals surface area (Å²) in [5.74, 6) is -0.276. The lowest BCUT2D eigenvalue weighted by atomic mass is 10.1. The fourth-order valence-electron chi connectivity index (χ4n) is 2.83. The summed E-state index contributed by atoms with van der Waals surface area (Å²) in [4.78, 5) is 28.9. The monoisotopic (exact) mass is 346 g/mol. The molecule has 8 heteroatoms. The predicted molar refractivity (Wildman–Crippen MR) is 90.5 cm³/mol. The molecule has 1 fully saturated rings. The van der Waals surface area contributed by atoms with Crippen molar-refractivity contribution < 1.29 is 19.1 Å². The number of esters is 1. The summed E-state index contributed by atoms with van der Waals surface area (Å²) in [5, 5.41) is 8.06. The number of nitrogens with one attached hydrogen (secondary N) is 1. The van der Waals surface area contributed by atoms with E-state index in [1.54, 1.807) is 24.8 Å². The van der Waals surface area contributed by atoms with E-state index in [2.05, 4.69) is 15.4 Å². The molecule has 1 saturated carbocycles. The second kappa shape index (κ2) is 7.18. The molecule has 3 rings (SSSR count). The van der Waals surface area contributed by atoms with Gasteiger partial charge in [-0.15, -0.1) is 0 Å². The van der Waals surface area contributed by atoms with Gasteiger partial charge in [0.15, 0.2) is 5.65 Å². The van der Waals surface area contributed by atoms with Crippen molar-refractivity contribution in [2.24, 2.45) is 0 Å². The minimum atomic E-state index is -0.415. The summed E-state index contributed by atoms with van der Waals surface area (Å²) in [6, 6.07) is 1.71. The Bertz CT molecular complexity index is 811. The molecule has 8 nitrogen and oxygen atoms in total. The van der Waals surface area contributed by atoms with Crippen LogP contribution in [0.5, 0.6) is 0 Å². The number of carbonyl (C=O) groups excluding carboxylic acids is 2. The van der Waals surface area contributed by atoms with Crippen molar-refractivity contribution in [1.82, 2.24) is 20.1 Å². The van der Waals surface area contributed by atoms with Crippen LogP contribution in [-0.2, 0) is 20.8 Å². The van der Waals surface area contributed by atoms with Gasteiger partial charge < -0.3 is 14.8 Å². The van der Waals surface area contributed by atoms with Crippen LogP contribution in [0.1, 0.15) is 40.5 Å². The van der Waals surface area contributed by atoms with Gasteiger partial charge in [0, 0.05) is 25.3 Å². The molecule has 1 N–H and O–H groups in total. The first-order chi connectivity index (χ1) is 12.0. The van der Waals surface area contributed by atoms with Crippen molar-refractivity contribution in [3.8, 4) is 0 Å². The zero-order valence-corrected chi connectivity index (χ0v) is 14.7. The largest absolute Gasteiger partial charge is 0.465 e. The average molecular weight is 346 g/mol. The number of aryl methyl sites for hydroxylation is 1. The van der Waals surface area contributed by atoms with Crippen LogP contribution in [0.25, 0.3) is 11.0 Å². The molecule has 1 aliphatic rings. The lowest BCUT2D eigenvalue weighted by molar-refractivity contribution is -0.121. The first kappa shape index (κ1) is 17.3. The van der Waals surface area contributed by atoms with Crippen LogP contribution in [0, 0.1) is 6.92 Å². The molecule has 0 radical (unpaired) electrons. The van der Waals surface area contributed by atoms with E-state index < -0.39 is 5.97 Å². The van der Waals surface area contributed by atoms with E-state index in [1.807, 2.05) is 0 Å². The van der Waals surface area contributed by atoms with Gasteiger partial charge in [0.05, 0.1) is 30.4 Å². The molecule has 1 amide bonds. The second-order valence-corrected chi connectivity index (χ2v) is 6.16. The Morgan fingerprint density at radius 1 is 1.36 bits per heavy atom. The molecule has 1 aliphatic carbocycles. The van der Waals surface area contributed by atoms with Crippen LogP contribution in [0.4, 0.5) is 0 Å². The topological polar surface area (TPSA) is 95.3 Å². The number of hydrogen-bond acceptors (Lipinski definition) is 6. The van der Waals surface area contributed by atoms with Gasteiger partial charge >= 0.3 is 5.97 Å². The van der Waals surface area contributed by atoms with Crippen LogP contribution in [0.3, 0.4) is 0 Å². The molecule has 25 heavy (non-hydrogen) atoms. The van der Waals surface area contributed by atoms with E-state index in [4.69, 9.17) is 9.47 Å². The number of methoxy groups -OCH3 is 2. The van der Waals surface area contributed by atoms with Crippen molar-refractivity contribution >= 4 is 22.9 Å². The predicted octanol–water partition coefficient (Wildman–Crippen LogP) is 1.17. The summed E-state index contributed by atoms with van der Waals surface area (Å²) in [7, 11) is 2.94. The minimum absolute atomic E-state index is 0.0456. The van der Waals surface area contributed by atoms with Crippen molar-refractivity contribution in [3.05, 3.63) is 23.0 Å². The van der Waals surface area contributed by atoms with Crippen molar-refractivity contribution in [2.75, 3.05) is 27.4 Å². The van der Waals surface area contributed by atoms with Gasteiger partial charge in [-0.3, -0.25) is 4.79 Å². The first-order valence-corrected chi connectivity index (χ1v) is 8.27. The maximum atomic E-state index is 12.2. The van der Waals surface area contributed by atoms with Crippen LogP contribution >= 0.6 is 0 Å². The molecule has 2 aromatic heterocycles. The Hall–Kier alpha value is -2.48. The summed E-state index contributed by atoms with van der Waals surface area (Å²) < 4.78 is 11.4. The summed E-state index contributed by atoms with van der Waals surface area (Å²) in [5.41, 5.74) is 2.51. The highest BCUT2D eigenvalue weighted by Crippen LogP contribution is 2.43. The number of fused-ring (bicyclic) bond motifs is 1. The van der Waals surface area contributed by atoms with E-state index in [-0.39, 0.29) is 12.5 Å². The molecule has 0 bridgehead atoms. The maximum Gasteiger partial charge on any atom is 0.338 e. The zero-order valence-electron chi connectivity index (χ0n) is 14.7. The average Bonchev–Trinajstić information content (AvgIpc) is 3.37. The maximum absolute atomic E-state index is 12.2. The fraction of sp³-hybridized carbons (Fsp3) is 0.529. The van der Waals surface area contributed by atoms with Crippen LogP contribution < -0.4 is 5.32 Å². The highest BCUT2D eigenvalue weighted by molar-refractivity contribution is 6.04. The first-order valence-electron chi connectivity index (χ1n) is 8.27. The number of aromatic nitrogens is 3. The highest BCUT2D eigenvalue weighted by Gasteiger charge is 2.32. The molecule has 0 spiro atoms. The Morgan fingerprint density at radius 3 is 2.76 bits per heavy atom. The van der Waals surface area contributed by atoms with E-state index >= 15 is 0 Å². The normalized spacial score (nSPS) is 13.9. The van der Waals surface area contributed by atoms with Gasteiger partial charge in [-0.05, 0) is 25.8 Å². The molecule has 134 valence electrons. The van der Waals surface area contributed by atoms with E-state index in [9.17, 15) is 9.59 Å². The second-order valence-electron chi connectivity index (χ2n) is 6.16. The van der Waals surface area contributed by atoms with E-state index in [0.29, 0.717) is 41.4 Å². The Morgan fingerprint density at radius 2 is 2.12 bits per heavy atom. The Labute approximate surface area is 145 Å². The van der Waals surface area contributed by atoms with Crippen LogP contribution in [-0.4, -0.2) is 54.0 Å². The zero-order chi connectivity index (χ0) is 18.0. The number of nitrogens with zero attached hydrogens (tertiary/aromatic N) is 3. The quantitative estimate of drug-likeness (QED) is 0.597. The van der Waals surface area contributed by atoms with Gasteiger partial charge in [-0.25, -0.2) is 14.5 Å². The van der Waals surface area contributed by atoms with Crippen LogP contribution in [0.15, 0.2) is 6.07 Å². The number of ether oxygens (including phenoxy) is 2. The van der Waals surface area contributed by atoms with Gasteiger partial charge in [-0.2, -0.15) is 5.10 Å². The van der Waals surface area contributed by atoms with Crippen LogP contribution in [0.2, 0.25) is 0 Å². The molecule has 0 atom stereocenters. The molecular formula is C17H22N4O4. The number of amides is 1. The molecule has 2 aromatic rings. The third kappa shape index (κ3) is 3.63. The van der Waals surface area contributed by atoms with Gasteiger partial charge in [0.25, 0.3) is 0 Å². The SMILES string of the molecule is COCCNC(=O)Cn1nc(C2CC2)c2c(C(=O)OC)cc(C)nc21. The lowest BCUT2D eigenvalue weighted by Crippen LogP contribution is -2.30. The summed E-state index contributed by atoms with van der Waals surface area (Å²) in [6.45, 7) is 2.73. The molecule has 0 saturated heterocycles. The molecule has 2 heterocycles. The lowest BCUT2D eigenvalue weighted by Gasteiger charge is -2.07. The number of carbonyl (C=O) groups is 2. The fourth-order valence-corrected chi connectivity index (χ4v) is 2.83. The molecule has 0 aliphatic heterocycles. The van der Waals surface area contributed by atoms with Crippen molar-refractivity contribution in [2.45, 2.75) is 32.2 Å². The number of pyridine rings is 1. The summed E-state index contributed by atoms with van der Waals surface area (Å²) in [6.07, 6.45) is 2.06. The van der Waals surface area contributed by atoms with Crippen molar-refractivity contribution in [1.29, 1.82) is 0 Å². The van der Waals surface area contributed by atoms with E-state index in [0.717, 1.165) is 18.5 Å². The van der Waals surface area contributed by atoms with Gasteiger partial charge in [0.1, 0.15) is 6.54 Å². The third-order valence-electron chi connectivity index (χ3n) is 4.15. The van der Waals surface area contributed by atoms with E-state index in [1.165, 1.54) is 7.11 Å². The highest BCUT2D eigenvalue weighted by atomic mass is 16.5. The minimum Gasteiger partial charge on any atom is -0.465 e. The molecule has 0 aromatic carbocycles. The smallest absolute Gasteiger partial charge is 0.338 e. The third-order valence-corrected chi connectivity index (χ3v) is 4.15. The van der Waals surface area contributed by atoms with Crippen molar-refractivity contribution in [3.63, 3.8) is 0 Å². The Balaban J connectivity index is 2.00. The standard InChI is InChI=1S/C17H22N4O4/c1-10-8-12(17(23)25-3)14-15(11-4-5-11)20-21(16(14)19-10)9-13(22)18-6-7-24-2/h8,11H,4-7,9H2,1-3H3,(H,18,22). The number of rotatable bonds is 7.